The first kappa shape index (κ1) is 15.0. The standard InChI is InChI=1S/C17H19N5O2/c23-15-8-13(20-16(21-15)14-9-18-5-6-19-14)12-2-1-7-22(10-12)17(24)11-3-4-11/h5-6,8-9,11-12H,1-4,7,10H2,(H,20,21,23)/t12-/m0/s1. The largest absolute Gasteiger partial charge is 0.342 e. The Morgan fingerprint density at radius 2 is 2.12 bits per heavy atom. The fourth-order valence-corrected chi connectivity index (χ4v) is 3.24. The number of carbonyl (C=O) groups excluding carboxylic acids is 1. The second-order valence-electron chi connectivity index (χ2n) is 6.51. The van der Waals surface area contributed by atoms with Gasteiger partial charge in [-0.3, -0.25) is 14.6 Å². The Morgan fingerprint density at radius 3 is 2.88 bits per heavy atom. The van der Waals surface area contributed by atoms with Crippen molar-refractivity contribution in [3.8, 4) is 11.5 Å². The number of nitrogens with zero attached hydrogens (tertiary/aromatic N) is 4. The number of piperidine rings is 1. The van der Waals surface area contributed by atoms with Crippen LogP contribution in [-0.2, 0) is 4.79 Å². The number of hydrogen-bond donors (Lipinski definition) is 1. The second kappa shape index (κ2) is 6.14. The summed E-state index contributed by atoms with van der Waals surface area (Å²) in [5, 5.41) is 0. The van der Waals surface area contributed by atoms with Crippen LogP contribution in [0.2, 0.25) is 0 Å². The van der Waals surface area contributed by atoms with E-state index in [1.807, 2.05) is 4.90 Å². The molecule has 0 radical (unpaired) electrons. The molecule has 1 aliphatic heterocycles. The van der Waals surface area contributed by atoms with Gasteiger partial charge in [0.05, 0.1) is 11.9 Å². The Kier molecular flexibility index (Phi) is 3.84. The molecule has 1 amide bonds. The van der Waals surface area contributed by atoms with Gasteiger partial charge in [-0.15, -0.1) is 0 Å². The highest BCUT2D eigenvalue weighted by atomic mass is 16.2. The Hall–Kier alpha value is -2.57. The molecule has 0 aromatic carbocycles. The lowest BCUT2D eigenvalue weighted by atomic mass is 9.94. The normalized spacial score (nSPS) is 20.8. The molecule has 1 N–H and O–H groups in total. The maximum absolute atomic E-state index is 12.3. The predicted octanol–water partition coefficient (Wildman–Crippen LogP) is 1.34. The van der Waals surface area contributed by atoms with Crippen LogP contribution in [0.15, 0.2) is 29.5 Å². The lowest BCUT2D eigenvalue weighted by molar-refractivity contribution is -0.133. The van der Waals surface area contributed by atoms with E-state index in [1.54, 1.807) is 18.6 Å². The Balaban J connectivity index is 1.60. The monoisotopic (exact) mass is 325 g/mol. The van der Waals surface area contributed by atoms with Gasteiger partial charge in [-0.05, 0) is 25.7 Å². The van der Waals surface area contributed by atoms with E-state index in [4.69, 9.17) is 0 Å². The lowest BCUT2D eigenvalue weighted by Crippen LogP contribution is -2.40. The fraction of sp³-hybridized carbons (Fsp3) is 0.471. The van der Waals surface area contributed by atoms with E-state index in [2.05, 4.69) is 19.9 Å². The smallest absolute Gasteiger partial charge is 0.251 e. The summed E-state index contributed by atoms with van der Waals surface area (Å²) in [6.07, 6.45) is 8.63. The van der Waals surface area contributed by atoms with E-state index in [0.717, 1.165) is 37.9 Å². The molecule has 2 aromatic rings. The molecule has 7 heteroatoms. The maximum atomic E-state index is 12.3. The minimum absolute atomic E-state index is 0.0965. The third-order valence-electron chi connectivity index (χ3n) is 4.65. The van der Waals surface area contributed by atoms with Crippen LogP contribution < -0.4 is 5.56 Å². The average molecular weight is 325 g/mol. The van der Waals surface area contributed by atoms with Crippen LogP contribution in [0.3, 0.4) is 0 Å². The minimum atomic E-state index is -0.203. The predicted molar refractivity (Wildman–Crippen MR) is 87.2 cm³/mol. The zero-order chi connectivity index (χ0) is 16.5. The van der Waals surface area contributed by atoms with Crippen molar-refractivity contribution in [3.63, 3.8) is 0 Å². The minimum Gasteiger partial charge on any atom is -0.342 e. The van der Waals surface area contributed by atoms with Gasteiger partial charge in [0.15, 0.2) is 5.82 Å². The topological polar surface area (TPSA) is 91.8 Å². The van der Waals surface area contributed by atoms with E-state index in [1.165, 1.54) is 6.07 Å². The molecule has 1 saturated carbocycles. The summed E-state index contributed by atoms with van der Waals surface area (Å²) >= 11 is 0. The van der Waals surface area contributed by atoms with Crippen molar-refractivity contribution >= 4 is 5.91 Å². The number of likely N-dealkylation sites (tertiary alicyclic amines) is 1. The second-order valence-corrected chi connectivity index (χ2v) is 6.51. The first-order chi connectivity index (χ1) is 11.7. The van der Waals surface area contributed by atoms with Crippen LogP contribution in [0, 0.1) is 5.92 Å². The number of carbonyl (C=O) groups is 1. The van der Waals surface area contributed by atoms with Crippen LogP contribution in [-0.4, -0.2) is 43.8 Å². The number of amides is 1. The van der Waals surface area contributed by atoms with Gasteiger partial charge in [-0.25, -0.2) is 9.97 Å². The summed E-state index contributed by atoms with van der Waals surface area (Å²) in [6.45, 7) is 1.46. The molecule has 124 valence electrons. The van der Waals surface area contributed by atoms with Gasteiger partial charge >= 0.3 is 0 Å². The summed E-state index contributed by atoms with van der Waals surface area (Å²) < 4.78 is 0. The molecule has 1 saturated heterocycles. The van der Waals surface area contributed by atoms with Crippen LogP contribution in [0.5, 0.6) is 0 Å². The third-order valence-corrected chi connectivity index (χ3v) is 4.65. The molecule has 2 aliphatic rings. The van der Waals surface area contributed by atoms with Gasteiger partial charge in [0.1, 0.15) is 5.69 Å². The summed E-state index contributed by atoms with van der Waals surface area (Å²) in [6, 6.07) is 1.54. The summed E-state index contributed by atoms with van der Waals surface area (Å²) in [4.78, 5) is 41.8. The van der Waals surface area contributed by atoms with Crippen molar-refractivity contribution in [1.82, 2.24) is 24.8 Å². The first-order valence-corrected chi connectivity index (χ1v) is 8.37. The average Bonchev–Trinajstić information content (AvgIpc) is 3.46. The van der Waals surface area contributed by atoms with Gasteiger partial charge in [-0.2, -0.15) is 0 Å². The van der Waals surface area contributed by atoms with Gasteiger partial charge in [0.2, 0.25) is 5.91 Å². The van der Waals surface area contributed by atoms with Crippen molar-refractivity contribution in [1.29, 1.82) is 0 Å². The molecular weight excluding hydrogens is 306 g/mol. The molecule has 3 heterocycles. The molecule has 2 fully saturated rings. The Labute approximate surface area is 139 Å². The zero-order valence-corrected chi connectivity index (χ0v) is 13.3. The van der Waals surface area contributed by atoms with E-state index in [-0.39, 0.29) is 23.3 Å². The van der Waals surface area contributed by atoms with Crippen molar-refractivity contribution in [2.45, 2.75) is 31.6 Å². The van der Waals surface area contributed by atoms with Crippen LogP contribution in [0.25, 0.3) is 11.5 Å². The molecule has 0 spiro atoms. The van der Waals surface area contributed by atoms with E-state index >= 15 is 0 Å². The third kappa shape index (κ3) is 3.06. The van der Waals surface area contributed by atoms with Crippen LogP contribution >= 0.6 is 0 Å². The van der Waals surface area contributed by atoms with Gasteiger partial charge in [-0.1, -0.05) is 0 Å². The molecule has 7 nitrogen and oxygen atoms in total. The molecule has 2 aromatic heterocycles. The Morgan fingerprint density at radius 1 is 1.25 bits per heavy atom. The maximum Gasteiger partial charge on any atom is 0.251 e. The number of H-pyrrole nitrogens is 1. The van der Waals surface area contributed by atoms with Gasteiger partial charge < -0.3 is 9.88 Å². The highest BCUT2D eigenvalue weighted by Gasteiger charge is 2.35. The van der Waals surface area contributed by atoms with Crippen molar-refractivity contribution in [2.75, 3.05) is 13.1 Å². The molecule has 0 unspecified atom stereocenters. The summed E-state index contributed by atoms with van der Waals surface area (Å²) in [7, 11) is 0. The zero-order valence-electron chi connectivity index (χ0n) is 13.3. The molecule has 4 rings (SSSR count). The molecule has 0 bridgehead atoms. The number of rotatable bonds is 3. The molecular formula is C17H19N5O2. The fourth-order valence-electron chi connectivity index (χ4n) is 3.24. The van der Waals surface area contributed by atoms with Crippen LogP contribution in [0.4, 0.5) is 0 Å². The first-order valence-electron chi connectivity index (χ1n) is 8.37. The van der Waals surface area contributed by atoms with Crippen molar-refractivity contribution in [3.05, 3.63) is 40.7 Å². The summed E-state index contributed by atoms with van der Waals surface area (Å²) in [5.41, 5.74) is 1.07. The Bertz CT molecular complexity index is 800. The number of aromatic nitrogens is 4. The van der Waals surface area contributed by atoms with E-state index in [9.17, 15) is 9.59 Å². The number of aromatic amines is 1. The number of nitrogens with one attached hydrogen (secondary N) is 1. The summed E-state index contributed by atoms with van der Waals surface area (Å²) in [5.74, 6) is 1.01. The van der Waals surface area contributed by atoms with Crippen LogP contribution in [0.1, 0.15) is 37.3 Å². The highest BCUT2D eigenvalue weighted by molar-refractivity contribution is 5.81. The SMILES string of the molecule is O=C(C1CC1)N1CCC[C@H](c2cc(=O)[nH]c(-c3cnccn3)n2)C1. The van der Waals surface area contributed by atoms with Gasteiger partial charge in [0.25, 0.3) is 5.56 Å². The van der Waals surface area contributed by atoms with Gasteiger partial charge in [0, 0.05) is 43.4 Å². The molecule has 1 aliphatic carbocycles. The quantitative estimate of drug-likeness (QED) is 0.919. The van der Waals surface area contributed by atoms with E-state index in [0.29, 0.717) is 18.1 Å². The molecule has 24 heavy (non-hydrogen) atoms. The highest BCUT2D eigenvalue weighted by Crippen LogP contribution is 2.34. The number of hydrogen-bond acceptors (Lipinski definition) is 5. The molecule has 1 atom stereocenters. The lowest BCUT2D eigenvalue weighted by Gasteiger charge is -2.32. The van der Waals surface area contributed by atoms with Crippen molar-refractivity contribution in [2.24, 2.45) is 5.92 Å². The van der Waals surface area contributed by atoms with E-state index < -0.39 is 0 Å². The van der Waals surface area contributed by atoms with Crippen molar-refractivity contribution < 1.29 is 4.79 Å².